The monoisotopic (exact) mass is 343 g/mol. The first-order valence-corrected chi connectivity index (χ1v) is 9.02. The van der Waals surface area contributed by atoms with Crippen LogP contribution in [0.1, 0.15) is 58.1 Å². The van der Waals surface area contributed by atoms with Gasteiger partial charge in [0.1, 0.15) is 11.3 Å². The Bertz CT molecular complexity index is 681. The van der Waals surface area contributed by atoms with Crippen LogP contribution in [-0.4, -0.2) is 28.1 Å². The van der Waals surface area contributed by atoms with Gasteiger partial charge in [-0.1, -0.05) is 45.0 Å². The zero-order valence-corrected chi connectivity index (χ0v) is 15.7. The van der Waals surface area contributed by atoms with Gasteiger partial charge in [0, 0.05) is 12.8 Å². The highest BCUT2D eigenvalue weighted by atomic mass is 16.2. The van der Waals surface area contributed by atoms with E-state index in [9.17, 15) is 9.59 Å². The highest BCUT2D eigenvalue weighted by Crippen LogP contribution is 2.29. The van der Waals surface area contributed by atoms with Crippen LogP contribution >= 0.6 is 0 Å². The second kappa shape index (κ2) is 7.81. The Hall–Kier alpha value is -2.17. The van der Waals surface area contributed by atoms with E-state index < -0.39 is 5.54 Å². The summed E-state index contributed by atoms with van der Waals surface area (Å²) in [6.45, 7) is 8.39. The number of nitrogens with zero attached hydrogens (tertiary/aromatic N) is 2. The Morgan fingerprint density at radius 1 is 1.32 bits per heavy atom. The fraction of sp³-hybridized carbons (Fsp3) is 0.550. The molecule has 0 spiro atoms. The molecule has 1 heterocycles. The number of rotatable bonds is 8. The Kier molecular flexibility index (Phi) is 5.98. The van der Waals surface area contributed by atoms with Crippen molar-refractivity contribution in [2.45, 2.75) is 65.5 Å². The second-order valence-electron chi connectivity index (χ2n) is 7.52. The summed E-state index contributed by atoms with van der Waals surface area (Å²) in [4.78, 5) is 30.6. The molecule has 0 radical (unpaired) electrons. The van der Waals surface area contributed by atoms with E-state index in [0.717, 1.165) is 17.5 Å². The molecule has 1 amide bonds. The highest BCUT2D eigenvalue weighted by molar-refractivity contribution is 6.06. The average molecular weight is 343 g/mol. The lowest BCUT2D eigenvalue weighted by molar-refractivity contribution is -0.131. The third kappa shape index (κ3) is 4.68. The fourth-order valence-corrected chi connectivity index (χ4v) is 3.45. The number of carbonyl (C=O) groups is 2. The molecule has 5 nitrogen and oxygen atoms in total. The number of aliphatic imine (C=N–C) groups is 1. The summed E-state index contributed by atoms with van der Waals surface area (Å²) >= 11 is 0. The van der Waals surface area contributed by atoms with Crippen molar-refractivity contribution >= 4 is 17.6 Å². The molecule has 1 atom stereocenters. The molecule has 1 aliphatic rings. The number of Topliss-reactive ketones (excluding diaryl/α,β-unsaturated/α-hetero) is 1. The van der Waals surface area contributed by atoms with Crippen molar-refractivity contribution in [1.82, 2.24) is 4.90 Å². The van der Waals surface area contributed by atoms with Gasteiger partial charge in [0.25, 0.3) is 5.91 Å². The predicted molar refractivity (Wildman–Crippen MR) is 100 cm³/mol. The molecule has 1 aliphatic heterocycles. The van der Waals surface area contributed by atoms with Crippen molar-refractivity contribution in [2.75, 3.05) is 0 Å². The number of carbonyl (C=O) groups excluding carboxylic acids is 2. The molecule has 2 rings (SSSR count). The van der Waals surface area contributed by atoms with Crippen molar-refractivity contribution < 1.29 is 9.59 Å². The van der Waals surface area contributed by atoms with Crippen LogP contribution < -0.4 is 5.73 Å². The molecule has 1 aromatic carbocycles. The maximum absolute atomic E-state index is 12.8. The molecule has 136 valence electrons. The fourth-order valence-electron chi connectivity index (χ4n) is 3.45. The first kappa shape index (κ1) is 19.2. The third-order valence-corrected chi connectivity index (χ3v) is 4.41. The Labute approximate surface area is 150 Å². The Morgan fingerprint density at radius 2 is 2.00 bits per heavy atom. The van der Waals surface area contributed by atoms with Gasteiger partial charge >= 0.3 is 0 Å². The van der Waals surface area contributed by atoms with Crippen LogP contribution in [0.3, 0.4) is 0 Å². The standard InChI is InChI=1S/C20H29N3O2/c1-5-7-17(24)11-15-8-6-9-16(10-15)13-23-18(25)20(4,12-14(2)3)22-19(23)21/h6,8-10,14H,5,7,11-13H2,1-4H3,(H2,21,22). The van der Waals surface area contributed by atoms with Crippen molar-refractivity contribution in [3.05, 3.63) is 35.4 Å². The summed E-state index contributed by atoms with van der Waals surface area (Å²) in [6, 6.07) is 7.80. The predicted octanol–water partition coefficient (Wildman–Crippen LogP) is 3.06. The second-order valence-corrected chi connectivity index (χ2v) is 7.52. The molecule has 0 bridgehead atoms. The first-order valence-electron chi connectivity index (χ1n) is 9.02. The van der Waals surface area contributed by atoms with Gasteiger partial charge in [-0.3, -0.25) is 14.5 Å². The molecular formula is C20H29N3O2. The van der Waals surface area contributed by atoms with Gasteiger partial charge in [-0.2, -0.15) is 0 Å². The van der Waals surface area contributed by atoms with Gasteiger partial charge in [0.05, 0.1) is 6.54 Å². The SMILES string of the molecule is CCCC(=O)Cc1cccc(CN2C(=O)C(C)(CC(C)C)N=C2N)c1. The van der Waals surface area contributed by atoms with Crippen LogP contribution in [0.4, 0.5) is 0 Å². The number of amides is 1. The molecule has 0 saturated heterocycles. The van der Waals surface area contributed by atoms with E-state index in [1.54, 1.807) is 4.90 Å². The Balaban J connectivity index is 2.11. The molecular weight excluding hydrogens is 314 g/mol. The number of guanidine groups is 1. The Morgan fingerprint density at radius 3 is 2.64 bits per heavy atom. The zero-order valence-electron chi connectivity index (χ0n) is 15.7. The van der Waals surface area contributed by atoms with E-state index in [4.69, 9.17) is 5.73 Å². The van der Waals surface area contributed by atoms with Gasteiger partial charge in [-0.25, -0.2) is 4.99 Å². The van der Waals surface area contributed by atoms with Gasteiger partial charge in [0.2, 0.25) is 0 Å². The molecule has 2 N–H and O–H groups in total. The lowest BCUT2D eigenvalue weighted by Gasteiger charge is -2.23. The first-order chi connectivity index (χ1) is 11.7. The number of hydrogen-bond donors (Lipinski definition) is 1. The summed E-state index contributed by atoms with van der Waals surface area (Å²) in [5.74, 6) is 0.826. The topological polar surface area (TPSA) is 75.8 Å². The minimum Gasteiger partial charge on any atom is -0.369 e. The quantitative estimate of drug-likeness (QED) is 0.788. The van der Waals surface area contributed by atoms with Gasteiger partial charge in [-0.05, 0) is 36.8 Å². The van der Waals surface area contributed by atoms with E-state index in [1.807, 2.05) is 38.1 Å². The minimum absolute atomic E-state index is 0.0498. The van der Waals surface area contributed by atoms with Crippen LogP contribution in [0.25, 0.3) is 0 Å². The normalized spacial score (nSPS) is 20.3. The van der Waals surface area contributed by atoms with Crippen molar-refractivity contribution in [1.29, 1.82) is 0 Å². The summed E-state index contributed by atoms with van der Waals surface area (Å²) in [5, 5.41) is 0. The van der Waals surface area contributed by atoms with Crippen LogP contribution in [0.2, 0.25) is 0 Å². The van der Waals surface area contributed by atoms with Crippen molar-refractivity contribution in [3.63, 3.8) is 0 Å². The number of hydrogen-bond acceptors (Lipinski definition) is 4. The van der Waals surface area contributed by atoms with E-state index >= 15 is 0 Å². The van der Waals surface area contributed by atoms with E-state index in [0.29, 0.717) is 31.7 Å². The summed E-state index contributed by atoms with van der Waals surface area (Å²) < 4.78 is 0. The molecule has 0 fully saturated rings. The van der Waals surface area contributed by atoms with Gasteiger partial charge in [-0.15, -0.1) is 0 Å². The van der Waals surface area contributed by atoms with Crippen LogP contribution in [0, 0.1) is 5.92 Å². The summed E-state index contributed by atoms with van der Waals surface area (Å²) in [5.41, 5.74) is 7.19. The van der Waals surface area contributed by atoms with E-state index in [1.165, 1.54) is 0 Å². The van der Waals surface area contributed by atoms with Gasteiger partial charge in [0.15, 0.2) is 5.96 Å². The van der Waals surface area contributed by atoms with Crippen LogP contribution in [0.15, 0.2) is 29.3 Å². The summed E-state index contributed by atoms with van der Waals surface area (Å²) in [7, 11) is 0. The van der Waals surface area contributed by atoms with Crippen LogP contribution in [-0.2, 0) is 22.6 Å². The van der Waals surface area contributed by atoms with Crippen molar-refractivity contribution in [3.8, 4) is 0 Å². The van der Waals surface area contributed by atoms with Crippen molar-refractivity contribution in [2.24, 2.45) is 16.6 Å². The number of nitrogens with two attached hydrogens (primary N) is 1. The zero-order chi connectivity index (χ0) is 18.6. The molecule has 1 unspecified atom stereocenters. The number of ketones is 1. The van der Waals surface area contributed by atoms with Crippen LogP contribution in [0.5, 0.6) is 0 Å². The lowest BCUT2D eigenvalue weighted by Crippen LogP contribution is -2.43. The van der Waals surface area contributed by atoms with E-state index in [2.05, 4.69) is 18.8 Å². The molecule has 1 aromatic rings. The molecule has 5 heteroatoms. The molecule has 0 saturated carbocycles. The third-order valence-electron chi connectivity index (χ3n) is 4.41. The van der Waals surface area contributed by atoms with E-state index in [-0.39, 0.29) is 17.6 Å². The highest BCUT2D eigenvalue weighted by Gasteiger charge is 2.43. The summed E-state index contributed by atoms with van der Waals surface area (Å²) in [6.07, 6.45) is 2.57. The maximum Gasteiger partial charge on any atom is 0.257 e. The molecule has 0 aromatic heterocycles. The average Bonchev–Trinajstić information content (AvgIpc) is 2.70. The largest absolute Gasteiger partial charge is 0.369 e. The smallest absolute Gasteiger partial charge is 0.257 e. The van der Waals surface area contributed by atoms with Gasteiger partial charge < -0.3 is 5.73 Å². The number of benzene rings is 1. The maximum atomic E-state index is 12.8. The molecule has 0 aliphatic carbocycles. The minimum atomic E-state index is -0.771. The lowest BCUT2D eigenvalue weighted by atomic mass is 9.91. The molecule has 25 heavy (non-hydrogen) atoms.